The minimum absolute atomic E-state index is 0.0165. The van der Waals surface area contributed by atoms with E-state index in [-0.39, 0.29) is 11.9 Å². The van der Waals surface area contributed by atoms with E-state index in [1.54, 1.807) is 11.9 Å². The smallest absolute Gasteiger partial charge is 0.411 e. The highest BCUT2D eigenvalue weighted by Gasteiger charge is 2.44. The lowest BCUT2D eigenvalue weighted by Gasteiger charge is -2.30. The van der Waals surface area contributed by atoms with Gasteiger partial charge in [0.15, 0.2) is 0 Å². The number of hydroxylamine groups is 2. The van der Waals surface area contributed by atoms with Gasteiger partial charge in [-0.2, -0.15) is 0 Å². The van der Waals surface area contributed by atoms with Gasteiger partial charge in [-0.1, -0.05) is 60.7 Å². The average molecular weight is 454 g/mol. The van der Waals surface area contributed by atoms with Gasteiger partial charge in [0.1, 0.15) is 11.6 Å². The van der Waals surface area contributed by atoms with Gasteiger partial charge < -0.3 is 4.74 Å². The number of amides is 2. The molecule has 0 unspecified atom stereocenters. The minimum Gasteiger partial charge on any atom is -0.444 e. The lowest BCUT2D eigenvalue weighted by Crippen LogP contribution is -2.47. The number of carbonyl (C=O) groups excluding carboxylic acids is 2. The van der Waals surface area contributed by atoms with E-state index in [4.69, 9.17) is 9.57 Å². The van der Waals surface area contributed by atoms with Gasteiger partial charge in [-0.15, -0.1) is 0 Å². The SMILES string of the molecule is CON(C)C(=O)[C@@H]1C[C@H](N(Cc2ccccc2)Cc2ccccc2)CN1C(=O)OC(C)(C)C. The number of hydrogen-bond acceptors (Lipinski definition) is 5. The van der Waals surface area contributed by atoms with E-state index in [9.17, 15) is 9.59 Å². The third kappa shape index (κ3) is 6.79. The Kier molecular flexibility index (Phi) is 8.10. The zero-order chi connectivity index (χ0) is 24.0. The topological polar surface area (TPSA) is 62.3 Å². The zero-order valence-corrected chi connectivity index (χ0v) is 20.2. The van der Waals surface area contributed by atoms with Crippen molar-refractivity contribution in [3.05, 3.63) is 71.8 Å². The summed E-state index contributed by atoms with van der Waals surface area (Å²) in [5, 5.41) is 1.18. The Bertz CT molecular complexity index is 873. The second-order valence-electron chi connectivity index (χ2n) is 9.43. The van der Waals surface area contributed by atoms with E-state index in [2.05, 4.69) is 29.2 Å². The molecule has 0 spiro atoms. The van der Waals surface area contributed by atoms with E-state index in [1.165, 1.54) is 23.3 Å². The molecule has 2 amide bonds. The fourth-order valence-electron chi connectivity index (χ4n) is 4.08. The lowest BCUT2D eigenvalue weighted by atomic mass is 10.1. The summed E-state index contributed by atoms with van der Waals surface area (Å²) < 4.78 is 5.64. The Morgan fingerprint density at radius 2 is 1.48 bits per heavy atom. The van der Waals surface area contributed by atoms with Gasteiger partial charge in [-0.25, -0.2) is 9.86 Å². The molecule has 1 aliphatic rings. The number of ether oxygens (including phenoxy) is 1. The van der Waals surface area contributed by atoms with Crippen molar-refractivity contribution in [1.29, 1.82) is 0 Å². The monoisotopic (exact) mass is 453 g/mol. The summed E-state index contributed by atoms with van der Waals surface area (Å²) in [6, 6.07) is 19.8. The highest BCUT2D eigenvalue weighted by molar-refractivity contribution is 5.85. The average Bonchev–Trinajstić information content (AvgIpc) is 3.23. The van der Waals surface area contributed by atoms with Crippen molar-refractivity contribution in [2.75, 3.05) is 20.7 Å². The summed E-state index contributed by atoms with van der Waals surface area (Å²) in [5.41, 5.74) is 1.71. The van der Waals surface area contributed by atoms with Crippen molar-refractivity contribution >= 4 is 12.0 Å². The van der Waals surface area contributed by atoms with Crippen LogP contribution in [0, 0.1) is 0 Å². The Hall–Kier alpha value is -2.90. The zero-order valence-electron chi connectivity index (χ0n) is 20.2. The quantitative estimate of drug-likeness (QED) is 0.591. The largest absolute Gasteiger partial charge is 0.444 e. The third-order valence-corrected chi connectivity index (χ3v) is 5.75. The predicted molar refractivity (Wildman–Crippen MR) is 127 cm³/mol. The standard InChI is InChI=1S/C26H35N3O4/c1-26(2,3)33-25(31)29-19-22(16-23(29)24(30)27(4)32-5)28(17-20-12-8-6-9-13-20)18-21-14-10-7-11-15-21/h6-15,22-23H,16-19H2,1-5H3/t22-,23-/m0/s1. The molecule has 0 bridgehead atoms. The van der Waals surface area contributed by atoms with E-state index in [0.29, 0.717) is 26.1 Å². The van der Waals surface area contributed by atoms with Crippen molar-refractivity contribution in [2.24, 2.45) is 0 Å². The van der Waals surface area contributed by atoms with E-state index >= 15 is 0 Å². The molecule has 178 valence electrons. The first kappa shape index (κ1) is 24.7. The summed E-state index contributed by atoms with van der Waals surface area (Å²) in [7, 11) is 3.01. The first-order valence-corrected chi connectivity index (χ1v) is 11.3. The first-order chi connectivity index (χ1) is 15.7. The molecule has 0 saturated carbocycles. The number of likely N-dealkylation sites (N-methyl/N-ethyl adjacent to an activating group) is 1. The fraction of sp³-hybridized carbons (Fsp3) is 0.462. The number of benzene rings is 2. The van der Waals surface area contributed by atoms with Crippen LogP contribution in [0.25, 0.3) is 0 Å². The van der Waals surface area contributed by atoms with Crippen molar-refractivity contribution in [2.45, 2.75) is 58.0 Å². The summed E-state index contributed by atoms with van der Waals surface area (Å²) in [5.74, 6) is -0.259. The van der Waals surface area contributed by atoms with Crippen molar-refractivity contribution in [1.82, 2.24) is 14.9 Å². The molecular weight excluding hydrogens is 418 g/mol. The van der Waals surface area contributed by atoms with Crippen LogP contribution in [-0.4, -0.2) is 65.3 Å². The number of hydrogen-bond donors (Lipinski definition) is 0. The van der Waals surface area contributed by atoms with Crippen molar-refractivity contribution in [3.63, 3.8) is 0 Å². The summed E-state index contributed by atoms with van der Waals surface area (Å²) in [6.45, 7) is 7.31. The normalized spacial score (nSPS) is 18.4. The lowest BCUT2D eigenvalue weighted by molar-refractivity contribution is -0.173. The molecule has 1 heterocycles. The number of rotatable bonds is 7. The number of carbonyl (C=O) groups is 2. The Morgan fingerprint density at radius 3 is 1.94 bits per heavy atom. The molecule has 0 radical (unpaired) electrons. The maximum Gasteiger partial charge on any atom is 0.411 e. The molecular formula is C26H35N3O4. The van der Waals surface area contributed by atoms with Crippen LogP contribution in [-0.2, 0) is 27.5 Å². The molecule has 0 N–H and O–H groups in total. The summed E-state index contributed by atoms with van der Waals surface area (Å²) in [4.78, 5) is 35.1. The van der Waals surface area contributed by atoms with Crippen LogP contribution < -0.4 is 0 Å². The van der Waals surface area contributed by atoms with E-state index < -0.39 is 17.7 Å². The maximum atomic E-state index is 13.1. The second kappa shape index (κ2) is 10.8. The molecule has 0 aromatic heterocycles. The van der Waals surface area contributed by atoms with Gasteiger partial charge >= 0.3 is 6.09 Å². The predicted octanol–water partition coefficient (Wildman–Crippen LogP) is 4.09. The van der Waals surface area contributed by atoms with E-state index in [1.807, 2.05) is 57.2 Å². The van der Waals surface area contributed by atoms with Crippen molar-refractivity contribution < 1.29 is 19.2 Å². The minimum atomic E-state index is -0.649. The molecule has 33 heavy (non-hydrogen) atoms. The molecule has 3 rings (SSSR count). The molecule has 1 fully saturated rings. The summed E-state index contributed by atoms with van der Waals surface area (Å²) >= 11 is 0. The highest BCUT2D eigenvalue weighted by Crippen LogP contribution is 2.28. The molecule has 2 atom stereocenters. The van der Waals surface area contributed by atoms with Crippen LogP contribution in [0.1, 0.15) is 38.3 Å². The van der Waals surface area contributed by atoms with Gasteiger partial charge in [0.05, 0.1) is 7.11 Å². The first-order valence-electron chi connectivity index (χ1n) is 11.3. The van der Waals surface area contributed by atoms with Gasteiger partial charge in [0.25, 0.3) is 5.91 Å². The maximum absolute atomic E-state index is 13.1. The summed E-state index contributed by atoms with van der Waals surface area (Å²) in [6.07, 6.45) is 0.0260. The molecule has 7 nitrogen and oxygen atoms in total. The molecule has 2 aromatic rings. The van der Waals surface area contributed by atoms with Crippen molar-refractivity contribution in [3.8, 4) is 0 Å². The van der Waals surface area contributed by atoms with Gasteiger partial charge in [0.2, 0.25) is 0 Å². The Morgan fingerprint density at radius 1 is 0.970 bits per heavy atom. The fourth-order valence-corrected chi connectivity index (χ4v) is 4.08. The Labute approximate surface area is 196 Å². The highest BCUT2D eigenvalue weighted by atomic mass is 16.7. The van der Waals surface area contributed by atoms with Gasteiger partial charge in [0, 0.05) is 32.7 Å². The van der Waals surface area contributed by atoms with E-state index in [0.717, 1.165) is 0 Å². The van der Waals surface area contributed by atoms with Crippen LogP contribution in [0.3, 0.4) is 0 Å². The molecule has 1 aliphatic heterocycles. The van der Waals surface area contributed by atoms with Crippen LogP contribution >= 0.6 is 0 Å². The molecule has 0 aliphatic carbocycles. The third-order valence-electron chi connectivity index (χ3n) is 5.75. The number of nitrogens with zero attached hydrogens (tertiary/aromatic N) is 3. The molecule has 1 saturated heterocycles. The van der Waals surface area contributed by atoms with Gasteiger partial charge in [-0.3, -0.25) is 19.4 Å². The second-order valence-corrected chi connectivity index (χ2v) is 9.43. The van der Waals surface area contributed by atoms with Crippen LogP contribution in [0.5, 0.6) is 0 Å². The van der Waals surface area contributed by atoms with Crippen LogP contribution in [0.2, 0.25) is 0 Å². The van der Waals surface area contributed by atoms with Gasteiger partial charge in [-0.05, 0) is 38.3 Å². The molecule has 2 aromatic carbocycles. The van der Waals surface area contributed by atoms with Crippen LogP contribution in [0.15, 0.2) is 60.7 Å². The molecule has 7 heteroatoms. The number of likely N-dealkylation sites (tertiary alicyclic amines) is 1. The Balaban J connectivity index is 1.88. The van der Waals surface area contributed by atoms with Crippen LogP contribution in [0.4, 0.5) is 4.79 Å².